The molecule has 0 saturated heterocycles. The molecule has 92 valence electrons. The zero-order chi connectivity index (χ0) is 12.7. The molecule has 0 aliphatic heterocycles. The highest BCUT2D eigenvalue weighted by molar-refractivity contribution is 5.44. The third-order valence-electron chi connectivity index (χ3n) is 3.55. The lowest BCUT2D eigenvalue weighted by Gasteiger charge is -2.29. The molecule has 1 aliphatic rings. The molecule has 0 spiro atoms. The summed E-state index contributed by atoms with van der Waals surface area (Å²) in [6.45, 7) is 1.82. The van der Waals surface area contributed by atoms with Gasteiger partial charge in [0, 0.05) is 5.92 Å². The zero-order valence-corrected chi connectivity index (χ0v) is 10.1. The first-order valence-electron chi connectivity index (χ1n) is 6.10. The van der Waals surface area contributed by atoms with Crippen molar-refractivity contribution in [2.24, 2.45) is 0 Å². The molecule has 18 heavy (non-hydrogen) atoms. The molecule has 0 radical (unpaired) electrons. The van der Waals surface area contributed by atoms with Gasteiger partial charge in [0.05, 0.1) is 5.56 Å². The molecule has 0 bridgehead atoms. The molecule has 1 unspecified atom stereocenters. The van der Waals surface area contributed by atoms with Crippen molar-refractivity contribution >= 4 is 0 Å². The molecule has 0 saturated carbocycles. The van der Waals surface area contributed by atoms with Crippen LogP contribution in [0.3, 0.4) is 0 Å². The minimum absolute atomic E-state index is 0.103. The molecule has 3 rings (SSSR count). The van der Waals surface area contributed by atoms with Crippen LogP contribution in [0.15, 0.2) is 29.1 Å². The van der Waals surface area contributed by atoms with E-state index in [0.717, 1.165) is 6.42 Å². The fourth-order valence-corrected chi connectivity index (χ4v) is 2.49. The Morgan fingerprint density at radius 2 is 2.22 bits per heavy atom. The SMILES string of the molecule is CCc1c(O)nc(C2Cc3ccccc32)[nH]c1=O. The van der Waals surface area contributed by atoms with Crippen LogP contribution in [0.4, 0.5) is 0 Å². The first kappa shape index (κ1) is 11.0. The van der Waals surface area contributed by atoms with Gasteiger partial charge in [-0.2, -0.15) is 4.98 Å². The highest BCUT2D eigenvalue weighted by Gasteiger charge is 2.29. The van der Waals surface area contributed by atoms with Crippen LogP contribution in [0, 0.1) is 0 Å². The van der Waals surface area contributed by atoms with E-state index < -0.39 is 0 Å². The van der Waals surface area contributed by atoms with E-state index in [-0.39, 0.29) is 17.4 Å². The van der Waals surface area contributed by atoms with Crippen molar-refractivity contribution < 1.29 is 5.11 Å². The molecule has 4 nitrogen and oxygen atoms in total. The van der Waals surface area contributed by atoms with Crippen LogP contribution in [0.25, 0.3) is 0 Å². The second-order valence-electron chi connectivity index (χ2n) is 4.56. The predicted octanol–water partition coefficient (Wildman–Crippen LogP) is 1.73. The van der Waals surface area contributed by atoms with Crippen molar-refractivity contribution in [3.05, 3.63) is 57.1 Å². The van der Waals surface area contributed by atoms with Crippen molar-refractivity contribution in [1.82, 2.24) is 9.97 Å². The van der Waals surface area contributed by atoms with Gasteiger partial charge in [0.2, 0.25) is 5.88 Å². The molecule has 0 fully saturated rings. The van der Waals surface area contributed by atoms with Gasteiger partial charge in [-0.3, -0.25) is 4.79 Å². The van der Waals surface area contributed by atoms with Crippen molar-refractivity contribution in [3.63, 3.8) is 0 Å². The fraction of sp³-hybridized carbons (Fsp3) is 0.286. The van der Waals surface area contributed by atoms with Crippen LogP contribution < -0.4 is 5.56 Å². The fourth-order valence-electron chi connectivity index (χ4n) is 2.49. The third-order valence-corrected chi connectivity index (χ3v) is 3.55. The maximum atomic E-state index is 11.8. The van der Waals surface area contributed by atoms with Crippen LogP contribution >= 0.6 is 0 Å². The van der Waals surface area contributed by atoms with Gasteiger partial charge in [-0.15, -0.1) is 0 Å². The monoisotopic (exact) mass is 242 g/mol. The lowest BCUT2D eigenvalue weighted by molar-refractivity contribution is 0.436. The van der Waals surface area contributed by atoms with Crippen LogP contribution in [0.5, 0.6) is 5.88 Å². The van der Waals surface area contributed by atoms with Gasteiger partial charge in [-0.25, -0.2) is 0 Å². The van der Waals surface area contributed by atoms with Gasteiger partial charge >= 0.3 is 0 Å². The summed E-state index contributed by atoms with van der Waals surface area (Å²) in [5.41, 5.74) is 2.59. The number of aromatic amines is 1. The molecular weight excluding hydrogens is 228 g/mol. The molecular formula is C14H14N2O2. The number of fused-ring (bicyclic) bond motifs is 1. The van der Waals surface area contributed by atoms with E-state index in [2.05, 4.69) is 16.0 Å². The van der Waals surface area contributed by atoms with Crippen molar-refractivity contribution in [2.75, 3.05) is 0 Å². The van der Waals surface area contributed by atoms with Gasteiger partial charge in [0.1, 0.15) is 5.82 Å². The number of nitrogens with one attached hydrogen (secondary N) is 1. The normalized spacial score (nSPS) is 17.1. The molecule has 2 aromatic rings. The molecule has 0 amide bonds. The second kappa shape index (κ2) is 3.98. The van der Waals surface area contributed by atoms with E-state index in [1.165, 1.54) is 11.1 Å². The largest absolute Gasteiger partial charge is 0.493 e. The summed E-state index contributed by atoms with van der Waals surface area (Å²) in [5.74, 6) is 0.528. The van der Waals surface area contributed by atoms with Gasteiger partial charge in [-0.1, -0.05) is 31.2 Å². The van der Waals surface area contributed by atoms with Gasteiger partial charge in [0.15, 0.2) is 0 Å². The number of H-pyrrole nitrogens is 1. The zero-order valence-electron chi connectivity index (χ0n) is 10.1. The van der Waals surface area contributed by atoms with Gasteiger partial charge in [0.25, 0.3) is 5.56 Å². The van der Waals surface area contributed by atoms with E-state index >= 15 is 0 Å². The topological polar surface area (TPSA) is 66.0 Å². The van der Waals surface area contributed by atoms with Gasteiger partial charge < -0.3 is 10.1 Å². The second-order valence-corrected chi connectivity index (χ2v) is 4.56. The minimum atomic E-state index is -0.232. The Labute approximate surface area is 104 Å². The van der Waals surface area contributed by atoms with E-state index in [4.69, 9.17) is 0 Å². The van der Waals surface area contributed by atoms with Gasteiger partial charge in [-0.05, 0) is 24.0 Å². The summed E-state index contributed by atoms with van der Waals surface area (Å²) in [6, 6.07) is 8.09. The van der Waals surface area contributed by atoms with E-state index in [1.54, 1.807) is 0 Å². The van der Waals surface area contributed by atoms with Crippen LogP contribution in [0.2, 0.25) is 0 Å². The number of hydrogen-bond acceptors (Lipinski definition) is 3. The molecule has 1 aliphatic carbocycles. The summed E-state index contributed by atoms with van der Waals surface area (Å²) in [5, 5.41) is 9.76. The van der Waals surface area contributed by atoms with E-state index in [1.807, 2.05) is 25.1 Å². The Morgan fingerprint density at radius 1 is 1.44 bits per heavy atom. The minimum Gasteiger partial charge on any atom is -0.493 e. The van der Waals surface area contributed by atoms with Crippen LogP contribution in [0.1, 0.15) is 35.4 Å². The Kier molecular flexibility index (Phi) is 2.44. The predicted molar refractivity (Wildman–Crippen MR) is 67.9 cm³/mol. The molecule has 1 heterocycles. The summed E-state index contributed by atoms with van der Waals surface area (Å²) >= 11 is 0. The average Bonchev–Trinajstić information content (AvgIpc) is 2.30. The maximum absolute atomic E-state index is 11.8. The smallest absolute Gasteiger partial charge is 0.257 e. The average molecular weight is 242 g/mol. The van der Waals surface area contributed by atoms with E-state index in [0.29, 0.717) is 17.8 Å². The molecule has 1 atom stereocenters. The lowest BCUT2D eigenvalue weighted by Crippen LogP contribution is -2.25. The summed E-state index contributed by atoms with van der Waals surface area (Å²) in [7, 11) is 0. The number of nitrogens with zero attached hydrogens (tertiary/aromatic N) is 1. The van der Waals surface area contributed by atoms with Crippen molar-refractivity contribution in [3.8, 4) is 5.88 Å². The molecule has 1 aromatic heterocycles. The number of aromatic hydroxyl groups is 1. The molecule has 2 N–H and O–H groups in total. The Morgan fingerprint density at radius 3 is 2.89 bits per heavy atom. The highest BCUT2D eigenvalue weighted by atomic mass is 16.3. The summed E-state index contributed by atoms with van der Waals surface area (Å²) < 4.78 is 0. The highest BCUT2D eigenvalue weighted by Crippen LogP contribution is 2.38. The Balaban J connectivity index is 2.04. The maximum Gasteiger partial charge on any atom is 0.257 e. The molecule has 1 aromatic carbocycles. The number of hydrogen-bond donors (Lipinski definition) is 2. The Hall–Kier alpha value is -2.10. The van der Waals surface area contributed by atoms with Crippen LogP contribution in [-0.2, 0) is 12.8 Å². The first-order valence-corrected chi connectivity index (χ1v) is 6.10. The number of rotatable bonds is 2. The standard InChI is InChI=1S/C14H14N2O2/c1-2-9-13(17)15-12(16-14(9)18)11-7-8-5-3-4-6-10(8)11/h3-6,11H,2,7H2,1H3,(H2,15,16,17,18). The van der Waals surface area contributed by atoms with Crippen molar-refractivity contribution in [2.45, 2.75) is 25.7 Å². The van der Waals surface area contributed by atoms with E-state index in [9.17, 15) is 9.90 Å². The number of aromatic nitrogens is 2. The van der Waals surface area contributed by atoms with Crippen LogP contribution in [-0.4, -0.2) is 15.1 Å². The van der Waals surface area contributed by atoms with Crippen molar-refractivity contribution in [1.29, 1.82) is 0 Å². The molecule has 4 heteroatoms. The first-order chi connectivity index (χ1) is 8.70. The summed E-state index contributed by atoms with van der Waals surface area (Å²) in [6.07, 6.45) is 1.35. The Bertz CT molecular complexity index is 661. The quantitative estimate of drug-likeness (QED) is 0.842. The third kappa shape index (κ3) is 1.53. The number of benzene rings is 1. The lowest BCUT2D eigenvalue weighted by atomic mass is 9.77. The summed E-state index contributed by atoms with van der Waals surface area (Å²) in [4.78, 5) is 18.7.